The topological polar surface area (TPSA) is 132 Å². The molecule has 0 aliphatic carbocycles. The monoisotopic (exact) mass is 466 g/mol. The molecule has 168 valence electrons. The number of carbonyl (C=O) groups is 3. The number of hydrogen-bond acceptors (Lipinski definition) is 8. The Bertz CT molecular complexity index is 1330. The number of thiazole rings is 1. The Morgan fingerprint density at radius 1 is 1.15 bits per heavy atom. The first-order valence-electron chi connectivity index (χ1n) is 9.76. The maximum atomic E-state index is 12.6. The number of nitrogens with one attached hydrogen (secondary N) is 1. The lowest BCUT2D eigenvalue weighted by atomic mass is 10.1. The summed E-state index contributed by atoms with van der Waals surface area (Å²) in [5.41, 5.74) is 2.14. The minimum atomic E-state index is -0.751. The Morgan fingerprint density at radius 2 is 1.88 bits per heavy atom. The fourth-order valence-corrected chi connectivity index (χ4v) is 4.43. The van der Waals surface area contributed by atoms with Crippen LogP contribution in [-0.2, 0) is 4.79 Å². The van der Waals surface area contributed by atoms with Crippen LogP contribution < -0.4 is 10.1 Å². The zero-order chi connectivity index (χ0) is 23.9. The second kappa shape index (κ2) is 8.43. The van der Waals surface area contributed by atoms with Gasteiger partial charge in [-0.1, -0.05) is 0 Å². The molecule has 1 aromatic heterocycles. The van der Waals surface area contributed by atoms with Crippen LogP contribution in [0.4, 0.5) is 10.8 Å². The van der Waals surface area contributed by atoms with Crippen LogP contribution in [0.15, 0.2) is 36.4 Å². The molecule has 0 radical (unpaired) electrons. The lowest BCUT2D eigenvalue weighted by Gasteiger charge is -2.12. The van der Waals surface area contributed by atoms with Crippen molar-refractivity contribution in [1.29, 1.82) is 0 Å². The third-order valence-electron chi connectivity index (χ3n) is 5.18. The number of methoxy groups -OCH3 is 1. The summed E-state index contributed by atoms with van der Waals surface area (Å²) in [6.07, 6.45) is 0. The Kier molecular flexibility index (Phi) is 5.64. The number of aromatic nitrogens is 1. The fourth-order valence-electron chi connectivity index (χ4n) is 3.58. The van der Waals surface area contributed by atoms with Gasteiger partial charge in [-0.05, 0) is 43.7 Å². The zero-order valence-corrected chi connectivity index (χ0v) is 18.7. The molecular weight excluding hydrogens is 448 g/mol. The van der Waals surface area contributed by atoms with Gasteiger partial charge < -0.3 is 10.1 Å². The Hall–Kier alpha value is -4.12. The van der Waals surface area contributed by atoms with Crippen LogP contribution in [0.5, 0.6) is 5.75 Å². The van der Waals surface area contributed by atoms with Gasteiger partial charge in [0.25, 0.3) is 17.5 Å². The number of anilines is 1. The van der Waals surface area contributed by atoms with Gasteiger partial charge >= 0.3 is 0 Å². The van der Waals surface area contributed by atoms with Gasteiger partial charge in [0.15, 0.2) is 5.13 Å². The lowest BCUT2D eigenvalue weighted by molar-refractivity contribution is -0.384. The molecule has 0 spiro atoms. The number of rotatable bonds is 6. The molecule has 1 aliphatic rings. The number of carbonyl (C=O) groups excluding carboxylic acids is 3. The molecule has 33 heavy (non-hydrogen) atoms. The second-order valence-corrected chi connectivity index (χ2v) is 8.54. The summed E-state index contributed by atoms with van der Waals surface area (Å²) in [7, 11) is 1.60. The highest BCUT2D eigenvalue weighted by molar-refractivity contribution is 7.16. The van der Waals surface area contributed by atoms with Crippen LogP contribution >= 0.6 is 11.3 Å². The van der Waals surface area contributed by atoms with Crippen molar-refractivity contribution < 1.29 is 24.0 Å². The number of nitro benzene ring substituents is 1. The van der Waals surface area contributed by atoms with Crippen molar-refractivity contribution in [2.45, 2.75) is 13.8 Å². The van der Waals surface area contributed by atoms with E-state index in [0.29, 0.717) is 10.8 Å². The normalized spacial score (nSPS) is 12.6. The van der Waals surface area contributed by atoms with E-state index in [1.54, 1.807) is 7.11 Å². The summed E-state index contributed by atoms with van der Waals surface area (Å²) in [5.74, 6) is -1.28. The van der Waals surface area contributed by atoms with Crippen LogP contribution in [0.3, 0.4) is 0 Å². The van der Waals surface area contributed by atoms with Crippen LogP contribution in [-0.4, -0.2) is 46.2 Å². The Labute approximate surface area is 192 Å². The Morgan fingerprint density at radius 3 is 2.55 bits per heavy atom. The highest BCUT2D eigenvalue weighted by Crippen LogP contribution is 2.33. The third-order valence-corrected chi connectivity index (χ3v) is 6.06. The number of hydrogen-bond donors (Lipinski definition) is 1. The summed E-state index contributed by atoms with van der Waals surface area (Å²) < 4.78 is 5.28. The van der Waals surface area contributed by atoms with Crippen LogP contribution in [0.1, 0.15) is 31.2 Å². The van der Waals surface area contributed by atoms with Crippen molar-refractivity contribution in [3.05, 3.63) is 68.1 Å². The summed E-state index contributed by atoms with van der Waals surface area (Å²) in [6.45, 7) is 3.26. The van der Waals surface area contributed by atoms with Gasteiger partial charge in [-0.2, -0.15) is 0 Å². The van der Waals surface area contributed by atoms with Gasteiger partial charge in [-0.25, -0.2) is 4.98 Å². The second-order valence-electron chi connectivity index (χ2n) is 7.34. The quantitative estimate of drug-likeness (QED) is 0.334. The number of amides is 3. The smallest absolute Gasteiger partial charge is 0.270 e. The molecule has 0 atom stereocenters. The van der Waals surface area contributed by atoms with Crippen molar-refractivity contribution in [1.82, 2.24) is 9.88 Å². The molecule has 2 aromatic carbocycles. The molecule has 10 nitrogen and oxygen atoms in total. The number of non-ortho nitro benzene ring substituents is 1. The van der Waals surface area contributed by atoms with Crippen molar-refractivity contribution in [2.24, 2.45) is 0 Å². The maximum absolute atomic E-state index is 12.6. The van der Waals surface area contributed by atoms with Gasteiger partial charge in [-0.3, -0.25) is 29.4 Å². The molecule has 3 amide bonds. The number of fused-ring (bicyclic) bond motifs is 1. The van der Waals surface area contributed by atoms with E-state index in [4.69, 9.17) is 4.74 Å². The molecule has 1 N–H and O–H groups in total. The predicted octanol–water partition coefficient (Wildman–Crippen LogP) is 3.58. The standard InChI is InChI=1S/C22H18N4O6S/c1-11-8-13(4-7-17(11)32-3)19-12(2)33-22(24-19)23-18(27)10-25-20(28)15-6-5-14(26(30)31)9-16(15)21(25)29/h4-9H,10H2,1-3H3,(H,23,24,27). The number of benzene rings is 2. The molecule has 2 heterocycles. The van der Waals surface area contributed by atoms with E-state index in [2.05, 4.69) is 10.3 Å². The number of nitrogens with zero attached hydrogens (tertiary/aromatic N) is 3. The van der Waals surface area contributed by atoms with E-state index in [0.717, 1.165) is 38.8 Å². The molecule has 1 aliphatic heterocycles. The van der Waals surface area contributed by atoms with Gasteiger partial charge in [0.05, 0.1) is 28.9 Å². The molecule has 0 fully saturated rings. The van der Waals surface area contributed by atoms with Crippen molar-refractivity contribution in [3.8, 4) is 17.0 Å². The highest BCUT2D eigenvalue weighted by atomic mass is 32.1. The predicted molar refractivity (Wildman–Crippen MR) is 121 cm³/mol. The van der Waals surface area contributed by atoms with Crippen LogP contribution in [0, 0.1) is 24.0 Å². The van der Waals surface area contributed by atoms with Gasteiger partial charge in [0.2, 0.25) is 5.91 Å². The van der Waals surface area contributed by atoms with E-state index in [-0.39, 0.29) is 16.8 Å². The average Bonchev–Trinajstić information content (AvgIpc) is 3.25. The van der Waals surface area contributed by atoms with Crippen molar-refractivity contribution in [2.75, 3.05) is 19.0 Å². The van der Waals surface area contributed by atoms with E-state index in [1.807, 2.05) is 32.0 Å². The highest BCUT2D eigenvalue weighted by Gasteiger charge is 2.38. The minimum Gasteiger partial charge on any atom is -0.496 e. The molecular formula is C22H18N4O6S. The van der Waals surface area contributed by atoms with E-state index >= 15 is 0 Å². The van der Waals surface area contributed by atoms with E-state index in [9.17, 15) is 24.5 Å². The van der Waals surface area contributed by atoms with Gasteiger partial charge in [-0.15, -0.1) is 11.3 Å². The molecule has 4 rings (SSSR count). The number of nitro groups is 1. The SMILES string of the molecule is COc1ccc(-c2nc(NC(=O)CN3C(=O)c4ccc([N+](=O)[O-])cc4C3=O)sc2C)cc1C. The molecule has 0 saturated heterocycles. The van der Waals surface area contributed by atoms with Gasteiger partial charge in [0.1, 0.15) is 12.3 Å². The molecule has 11 heteroatoms. The van der Waals surface area contributed by atoms with Crippen LogP contribution in [0.25, 0.3) is 11.3 Å². The number of ether oxygens (including phenoxy) is 1. The lowest BCUT2D eigenvalue weighted by Crippen LogP contribution is -2.37. The summed E-state index contributed by atoms with van der Waals surface area (Å²) in [6, 6.07) is 9.06. The molecule has 0 unspecified atom stereocenters. The van der Waals surface area contributed by atoms with Crippen LogP contribution in [0.2, 0.25) is 0 Å². The average molecular weight is 466 g/mol. The van der Waals surface area contributed by atoms with Crippen molar-refractivity contribution >= 4 is 39.9 Å². The fraction of sp³-hybridized carbons (Fsp3) is 0.182. The zero-order valence-electron chi connectivity index (χ0n) is 17.9. The maximum Gasteiger partial charge on any atom is 0.270 e. The van der Waals surface area contributed by atoms with E-state index in [1.165, 1.54) is 17.4 Å². The summed E-state index contributed by atoms with van der Waals surface area (Å²) in [4.78, 5) is 54.1. The van der Waals surface area contributed by atoms with Crippen molar-refractivity contribution in [3.63, 3.8) is 0 Å². The van der Waals surface area contributed by atoms with E-state index < -0.39 is 29.2 Å². The number of aryl methyl sites for hydroxylation is 2. The first-order valence-corrected chi connectivity index (χ1v) is 10.6. The minimum absolute atomic E-state index is 0.0284. The summed E-state index contributed by atoms with van der Waals surface area (Å²) >= 11 is 1.27. The largest absolute Gasteiger partial charge is 0.496 e. The Balaban J connectivity index is 1.49. The van der Waals surface area contributed by atoms with Gasteiger partial charge in [0, 0.05) is 22.6 Å². The summed E-state index contributed by atoms with van der Waals surface area (Å²) in [5, 5.41) is 13.9. The molecule has 0 saturated carbocycles. The molecule has 3 aromatic rings. The molecule has 0 bridgehead atoms. The first kappa shape index (κ1) is 22.1. The first-order chi connectivity index (χ1) is 15.7. The third kappa shape index (κ3) is 4.05. The number of imide groups is 1.